The van der Waals surface area contributed by atoms with Gasteiger partial charge in [0.1, 0.15) is 12.2 Å². The van der Waals surface area contributed by atoms with Crippen molar-refractivity contribution < 1.29 is 18.7 Å². The van der Waals surface area contributed by atoms with Crippen molar-refractivity contribution in [2.45, 2.75) is 19.0 Å². The molecule has 2 amide bonds. The third-order valence-corrected chi connectivity index (χ3v) is 5.74. The second kappa shape index (κ2) is 7.89. The van der Waals surface area contributed by atoms with Gasteiger partial charge in [0.15, 0.2) is 11.3 Å². The minimum Gasteiger partial charge on any atom is -0.486 e. The van der Waals surface area contributed by atoms with E-state index in [0.29, 0.717) is 29.0 Å². The van der Waals surface area contributed by atoms with E-state index in [2.05, 4.69) is 5.32 Å². The number of furan rings is 1. The highest BCUT2D eigenvalue weighted by atomic mass is 16.5. The van der Waals surface area contributed by atoms with Gasteiger partial charge in [0.25, 0.3) is 5.91 Å². The van der Waals surface area contributed by atoms with Crippen LogP contribution < -0.4 is 15.0 Å². The number of fused-ring (bicyclic) bond motifs is 3. The van der Waals surface area contributed by atoms with Crippen LogP contribution in [0.5, 0.6) is 5.75 Å². The zero-order chi connectivity index (χ0) is 22.1. The second-order valence-electron chi connectivity index (χ2n) is 7.96. The number of carbonyl (C=O) groups is 2. The first-order valence-electron chi connectivity index (χ1n) is 10.4. The van der Waals surface area contributed by atoms with Gasteiger partial charge in [0, 0.05) is 12.2 Å². The summed E-state index contributed by atoms with van der Waals surface area (Å²) in [5.74, 6) is -0.272. The van der Waals surface area contributed by atoms with E-state index in [1.54, 1.807) is 25.1 Å². The predicted molar refractivity (Wildman–Crippen MR) is 122 cm³/mol. The Labute approximate surface area is 185 Å². The topological polar surface area (TPSA) is 71.8 Å². The van der Waals surface area contributed by atoms with Crippen LogP contribution in [-0.4, -0.2) is 24.0 Å². The minimum absolute atomic E-state index is 0.0230. The van der Waals surface area contributed by atoms with Crippen LogP contribution in [0, 0.1) is 0 Å². The zero-order valence-corrected chi connectivity index (χ0v) is 17.6. The number of rotatable bonds is 4. The second-order valence-corrected chi connectivity index (χ2v) is 7.96. The van der Waals surface area contributed by atoms with Gasteiger partial charge >= 0.3 is 0 Å². The van der Waals surface area contributed by atoms with Crippen LogP contribution >= 0.6 is 0 Å². The summed E-state index contributed by atoms with van der Waals surface area (Å²) in [5.41, 5.74) is 0.827. The first kappa shape index (κ1) is 19.9. The van der Waals surface area contributed by atoms with Gasteiger partial charge in [-0.2, -0.15) is 0 Å². The van der Waals surface area contributed by atoms with Crippen molar-refractivity contribution in [2.24, 2.45) is 0 Å². The SMILES string of the molecule is CC1(C(=O)NCc2ccccc2)COc2c(oc3ccccc23)C(=O)N1c1ccccc1. The lowest BCUT2D eigenvalue weighted by molar-refractivity contribution is -0.126. The standard InChI is InChI=1S/C26H22N2O4/c1-26(25(30)27-16-18-10-4-2-5-11-18)17-31-22-20-14-8-9-15-21(20)32-23(22)24(29)28(26)19-12-6-3-7-13-19/h2-15H,16-17H2,1H3,(H,27,30). The van der Waals surface area contributed by atoms with Gasteiger partial charge in [-0.1, -0.05) is 60.7 Å². The van der Waals surface area contributed by atoms with E-state index in [0.717, 1.165) is 5.56 Å². The first-order chi connectivity index (χ1) is 15.6. The van der Waals surface area contributed by atoms with Crippen molar-refractivity contribution in [1.29, 1.82) is 0 Å². The van der Waals surface area contributed by atoms with Gasteiger partial charge in [-0.05, 0) is 36.8 Å². The molecule has 5 rings (SSSR count). The molecule has 1 atom stereocenters. The number of nitrogens with zero attached hydrogens (tertiary/aromatic N) is 1. The smallest absolute Gasteiger partial charge is 0.299 e. The maximum Gasteiger partial charge on any atom is 0.299 e. The number of amides is 2. The fourth-order valence-corrected chi connectivity index (χ4v) is 4.02. The van der Waals surface area contributed by atoms with Gasteiger partial charge in [-0.3, -0.25) is 14.5 Å². The molecule has 4 aromatic rings. The minimum atomic E-state index is -1.30. The molecule has 1 N–H and O–H groups in total. The van der Waals surface area contributed by atoms with Gasteiger partial charge in [0.2, 0.25) is 11.7 Å². The van der Waals surface area contributed by atoms with Crippen molar-refractivity contribution in [3.05, 3.63) is 96.3 Å². The van der Waals surface area contributed by atoms with Crippen LogP contribution in [0.3, 0.4) is 0 Å². The van der Waals surface area contributed by atoms with Crippen LogP contribution in [0.1, 0.15) is 23.0 Å². The fourth-order valence-electron chi connectivity index (χ4n) is 4.02. The molecule has 6 nitrogen and oxygen atoms in total. The highest BCUT2D eigenvalue weighted by molar-refractivity contribution is 6.14. The molecule has 2 heterocycles. The molecule has 0 aliphatic carbocycles. The third kappa shape index (κ3) is 3.30. The van der Waals surface area contributed by atoms with E-state index in [-0.39, 0.29) is 18.3 Å². The lowest BCUT2D eigenvalue weighted by Gasteiger charge is -2.37. The molecular weight excluding hydrogens is 404 g/mol. The molecule has 0 saturated carbocycles. The molecule has 160 valence electrons. The van der Waals surface area contributed by atoms with Crippen molar-refractivity contribution in [1.82, 2.24) is 5.32 Å². The summed E-state index contributed by atoms with van der Waals surface area (Å²) in [7, 11) is 0. The highest BCUT2D eigenvalue weighted by Gasteiger charge is 2.48. The van der Waals surface area contributed by atoms with Crippen LogP contribution in [0.4, 0.5) is 5.69 Å². The number of ether oxygens (including phenoxy) is 1. The number of hydrogen-bond donors (Lipinski definition) is 1. The Morgan fingerprint density at radius 2 is 1.62 bits per heavy atom. The maximum absolute atomic E-state index is 13.8. The number of carbonyl (C=O) groups excluding carboxylic acids is 2. The molecule has 1 aliphatic rings. The molecular formula is C26H22N2O4. The fraction of sp³-hybridized carbons (Fsp3) is 0.154. The molecule has 0 radical (unpaired) electrons. The number of benzene rings is 3. The quantitative estimate of drug-likeness (QED) is 0.520. The normalized spacial score (nSPS) is 18.0. The molecule has 32 heavy (non-hydrogen) atoms. The highest BCUT2D eigenvalue weighted by Crippen LogP contribution is 2.40. The van der Waals surface area contributed by atoms with Gasteiger partial charge in [-0.15, -0.1) is 0 Å². The molecule has 0 bridgehead atoms. The molecule has 1 unspecified atom stereocenters. The summed E-state index contributed by atoms with van der Waals surface area (Å²) in [6.07, 6.45) is 0. The van der Waals surface area contributed by atoms with Crippen LogP contribution in [-0.2, 0) is 11.3 Å². The van der Waals surface area contributed by atoms with Crippen LogP contribution in [0.25, 0.3) is 11.0 Å². The van der Waals surface area contributed by atoms with Crippen LogP contribution in [0.2, 0.25) is 0 Å². The predicted octanol–water partition coefficient (Wildman–Crippen LogP) is 4.55. The molecule has 0 saturated heterocycles. The summed E-state index contributed by atoms with van der Waals surface area (Å²) in [6.45, 7) is 2.04. The summed E-state index contributed by atoms with van der Waals surface area (Å²) < 4.78 is 12.0. The summed E-state index contributed by atoms with van der Waals surface area (Å²) in [4.78, 5) is 28.7. The Bertz CT molecular complexity index is 1280. The summed E-state index contributed by atoms with van der Waals surface area (Å²) in [6, 6.07) is 26.1. The Morgan fingerprint density at radius 1 is 0.969 bits per heavy atom. The van der Waals surface area contributed by atoms with Crippen molar-refractivity contribution in [2.75, 3.05) is 11.5 Å². The molecule has 0 fully saturated rings. The Balaban J connectivity index is 1.56. The average molecular weight is 426 g/mol. The molecule has 1 aliphatic heterocycles. The summed E-state index contributed by atoms with van der Waals surface area (Å²) in [5, 5.41) is 3.68. The Hall–Kier alpha value is -4.06. The summed E-state index contributed by atoms with van der Waals surface area (Å²) >= 11 is 0. The van der Waals surface area contributed by atoms with Crippen molar-refractivity contribution in [3.63, 3.8) is 0 Å². The van der Waals surface area contributed by atoms with Crippen molar-refractivity contribution >= 4 is 28.5 Å². The molecule has 0 spiro atoms. The van der Waals surface area contributed by atoms with Gasteiger partial charge in [0.05, 0.1) is 5.39 Å². The number of hydrogen-bond acceptors (Lipinski definition) is 4. The number of anilines is 1. The third-order valence-electron chi connectivity index (χ3n) is 5.74. The molecule has 1 aromatic heterocycles. The first-order valence-corrected chi connectivity index (χ1v) is 10.4. The van der Waals surface area contributed by atoms with E-state index in [1.165, 1.54) is 4.90 Å². The van der Waals surface area contributed by atoms with E-state index >= 15 is 0 Å². The lowest BCUT2D eigenvalue weighted by Crippen LogP contribution is -2.61. The Morgan fingerprint density at radius 3 is 2.38 bits per heavy atom. The average Bonchev–Trinajstić information content (AvgIpc) is 3.16. The van der Waals surface area contributed by atoms with E-state index in [4.69, 9.17) is 9.15 Å². The Kier molecular flexibility index (Phi) is 4.90. The molecule has 6 heteroatoms. The molecule has 3 aromatic carbocycles. The zero-order valence-electron chi connectivity index (χ0n) is 17.6. The largest absolute Gasteiger partial charge is 0.486 e. The van der Waals surface area contributed by atoms with Crippen LogP contribution in [0.15, 0.2) is 89.3 Å². The maximum atomic E-state index is 13.8. The number of nitrogens with one attached hydrogen (secondary N) is 1. The van der Waals surface area contributed by atoms with Gasteiger partial charge in [-0.25, -0.2) is 0 Å². The van der Waals surface area contributed by atoms with Gasteiger partial charge < -0.3 is 14.5 Å². The van der Waals surface area contributed by atoms with E-state index < -0.39 is 11.4 Å². The van der Waals surface area contributed by atoms with E-state index in [9.17, 15) is 9.59 Å². The van der Waals surface area contributed by atoms with E-state index in [1.807, 2.05) is 66.7 Å². The number of para-hydroxylation sites is 2. The lowest BCUT2D eigenvalue weighted by atomic mass is 9.98. The monoisotopic (exact) mass is 426 g/mol. The van der Waals surface area contributed by atoms with Crippen molar-refractivity contribution in [3.8, 4) is 5.75 Å².